The number of para-hydroxylation sites is 1. The van der Waals surface area contributed by atoms with Crippen LogP contribution in [0.25, 0.3) is 0 Å². The standard InChI is InChI=1S/C27H36N4O7/c1-17-7-5-6-8-20(17)29-24(35)23(18-9-11-19(33)12-10-18)31(15-16-32)25(36)21(13-14-22(28)34)30-26(37)38-27(2,3)4/h5-12,21,23,32-33H,13-16H2,1-4H3,(H2,28,34)(H,29,35)(H,30,37). The lowest BCUT2D eigenvalue weighted by Gasteiger charge is -2.34. The molecule has 2 atom stereocenters. The van der Waals surface area contributed by atoms with E-state index in [9.17, 15) is 29.4 Å². The van der Waals surface area contributed by atoms with Gasteiger partial charge in [-0.15, -0.1) is 0 Å². The molecule has 2 unspecified atom stereocenters. The number of primary amides is 1. The molecule has 2 aromatic rings. The van der Waals surface area contributed by atoms with Crippen molar-refractivity contribution in [2.75, 3.05) is 18.5 Å². The monoisotopic (exact) mass is 528 g/mol. The van der Waals surface area contributed by atoms with Crippen molar-refractivity contribution in [3.63, 3.8) is 0 Å². The minimum Gasteiger partial charge on any atom is -0.508 e. The van der Waals surface area contributed by atoms with Gasteiger partial charge in [0.25, 0.3) is 5.91 Å². The summed E-state index contributed by atoms with van der Waals surface area (Å²) in [6, 6.07) is 10.2. The van der Waals surface area contributed by atoms with Gasteiger partial charge in [0, 0.05) is 18.7 Å². The van der Waals surface area contributed by atoms with E-state index in [4.69, 9.17) is 10.5 Å². The highest BCUT2D eigenvalue weighted by molar-refractivity contribution is 5.99. The predicted octanol–water partition coefficient (Wildman–Crippen LogP) is 2.36. The number of hydrogen-bond acceptors (Lipinski definition) is 7. The average molecular weight is 529 g/mol. The Labute approximate surface area is 222 Å². The number of rotatable bonds is 11. The van der Waals surface area contributed by atoms with Crippen LogP contribution in [0.3, 0.4) is 0 Å². The molecule has 0 saturated carbocycles. The third-order valence-electron chi connectivity index (χ3n) is 5.46. The number of benzene rings is 2. The fourth-order valence-electron chi connectivity index (χ4n) is 3.71. The van der Waals surface area contributed by atoms with E-state index >= 15 is 0 Å². The Balaban J connectivity index is 2.49. The molecule has 4 amide bonds. The van der Waals surface area contributed by atoms with Crippen LogP contribution >= 0.6 is 0 Å². The summed E-state index contributed by atoms with van der Waals surface area (Å²) in [7, 11) is 0. The smallest absolute Gasteiger partial charge is 0.408 e. The molecule has 0 radical (unpaired) electrons. The maximum absolute atomic E-state index is 13.8. The van der Waals surface area contributed by atoms with Crippen LogP contribution in [0.4, 0.5) is 10.5 Å². The lowest BCUT2D eigenvalue weighted by Crippen LogP contribution is -2.53. The Morgan fingerprint density at radius 1 is 1.05 bits per heavy atom. The Kier molecular flexibility index (Phi) is 10.6. The highest BCUT2D eigenvalue weighted by Crippen LogP contribution is 2.27. The maximum Gasteiger partial charge on any atom is 0.408 e. The average Bonchev–Trinajstić information content (AvgIpc) is 2.82. The van der Waals surface area contributed by atoms with Crippen molar-refractivity contribution in [2.45, 2.75) is 58.2 Å². The van der Waals surface area contributed by atoms with Crippen molar-refractivity contribution in [1.29, 1.82) is 0 Å². The number of anilines is 1. The lowest BCUT2D eigenvalue weighted by atomic mass is 10.0. The van der Waals surface area contributed by atoms with Crippen LogP contribution in [0.15, 0.2) is 48.5 Å². The lowest BCUT2D eigenvalue weighted by molar-refractivity contribution is -0.141. The first-order valence-corrected chi connectivity index (χ1v) is 12.2. The molecule has 2 rings (SSSR count). The van der Waals surface area contributed by atoms with Gasteiger partial charge in [-0.2, -0.15) is 0 Å². The molecule has 0 fully saturated rings. The molecule has 2 aromatic carbocycles. The van der Waals surface area contributed by atoms with Crippen molar-refractivity contribution in [1.82, 2.24) is 10.2 Å². The van der Waals surface area contributed by atoms with Crippen LogP contribution in [0.1, 0.15) is 50.8 Å². The summed E-state index contributed by atoms with van der Waals surface area (Å²) in [4.78, 5) is 52.6. The van der Waals surface area contributed by atoms with Crippen LogP contribution in [0.5, 0.6) is 5.75 Å². The number of aromatic hydroxyl groups is 1. The minimum absolute atomic E-state index is 0.0437. The van der Waals surface area contributed by atoms with Crippen molar-refractivity contribution in [2.24, 2.45) is 5.73 Å². The molecule has 0 aliphatic carbocycles. The van der Waals surface area contributed by atoms with Gasteiger partial charge in [-0.25, -0.2) is 4.79 Å². The van der Waals surface area contributed by atoms with Gasteiger partial charge in [0.05, 0.1) is 6.61 Å². The quantitative estimate of drug-likeness (QED) is 0.298. The van der Waals surface area contributed by atoms with Gasteiger partial charge in [0.15, 0.2) is 0 Å². The molecule has 6 N–H and O–H groups in total. The third-order valence-corrected chi connectivity index (χ3v) is 5.46. The van der Waals surface area contributed by atoms with Gasteiger partial charge in [0.1, 0.15) is 23.4 Å². The molecular weight excluding hydrogens is 492 g/mol. The first kappa shape index (κ1) is 30.1. The number of nitrogens with one attached hydrogen (secondary N) is 2. The molecular formula is C27H36N4O7. The number of aryl methyl sites for hydroxylation is 1. The maximum atomic E-state index is 13.8. The molecule has 0 spiro atoms. The van der Waals surface area contributed by atoms with Crippen LogP contribution in [-0.4, -0.2) is 63.7 Å². The number of ether oxygens (including phenoxy) is 1. The van der Waals surface area contributed by atoms with Crippen LogP contribution in [0.2, 0.25) is 0 Å². The van der Waals surface area contributed by atoms with Gasteiger partial charge in [-0.1, -0.05) is 30.3 Å². The van der Waals surface area contributed by atoms with Crippen LogP contribution in [-0.2, 0) is 19.1 Å². The first-order chi connectivity index (χ1) is 17.8. The molecule has 0 bridgehead atoms. The van der Waals surface area contributed by atoms with Crippen molar-refractivity contribution in [3.8, 4) is 5.75 Å². The molecule has 0 heterocycles. The van der Waals surface area contributed by atoms with E-state index in [-0.39, 0.29) is 25.1 Å². The SMILES string of the molecule is Cc1ccccc1NC(=O)C(c1ccc(O)cc1)N(CCO)C(=O)C(CCC(N)=O)NC(=O)OC(C)(C)C. The zero-order valence-electron chi connectivity index (χ0n) is 22.1. The fourth-order valence-corrected chi connectivity index (χ4v) is 3.71. The number of amides is 4. The Morgan fingerprint density at radius 2 is 1.68 bits per heavy atom. The van der Waals surface area contributed by atoms with E-state index in [1.807, 2.05) is 19.1 Å². The topological polar surface area (TPSA) is 171 Å². The van der Waals surface area contributed by atoms with E-state index < -0.39 is 48.1 Å². The summed E-state index contributed by atoms with van der Waals surface area (Å²) in [6.45, 7) is 6.01. The molecule has 38 heavy (non-hydrogen) atoms. The molecule has 0 aliphatic heterocycles. The number of phenolic OH excluding ortho intramolecular Hbond substituents is 1. The van der Waals surface area contributed by atoms with Crippen molar-refractivity contribution >= 4 is 29.5 Å². The Bertz CT molecular complexity index is 1130. The number of phenols is 1. The summed E-state index contributed by atoms with van der Waals surface area (Å²) in [6.07, 6.45) is -1.27. The third kappa shape index (κ3) is 9.07. The van der Waals surface area contributed by atoms with Gasteiger partial charge in [0.2, 0.25) is 11.8 Å². The highest BCUT2D eigenvalue weighted by atomic mass is 16.6. The van der Waals surface area contributed by atoms with E-state index in [2.05, 4.69) is 10.6 Å². The summed E-state index contributed by atoms with van der Waals surface area (Å²) < 4.78 is 5.27. The summed E-state index contributed by atoms with van der Waals surface area (Å²) in [5, 5.41) is 24.9. The predicted molar refractivity (Wildman–Crippen MR) is 141 cm³/mol. The zero-order chi connectivity index (χ0) is 28.5. The Morgan fingerprint density at radius 3 is 2.24 bits per heavy atom. The molecule has 11 nitrogen and oxygen atoms in total. The van der Waals surface area contributed by atoms with Gasteiger partial charge < -0.3 is 36.2 Å². The number of alkyl carbamates (subject to hydrolysis) is 1. The minimum atomic E-state index is -1.28. The number of carbonyl (C=O) groups is 4. The number of aliphatic hydroxyl groups excluding tert-OH is 1. The second-order valence-corrected chi connectivity index (χ2v) is 9.76. The van der Waals surface area contributed by atoms with Gasteiger partial charge >= 0.3 is 6.09 Å². The number of hydrogen-bond donors (Lipinski definition) is 5. The second-order valence-electron chi connectivity index (χ2n) is 9.76. The van der Waals surface area contributed by atoms with Gasteiger partial charge in [-0.3, -0.25) is 14.4 Å². The molecule has 0 aliphatic rings. The fraction of sp³-hybridized carbons (Fsp3) is 0.407. The van der Waals surface area contributed by atoms with Crippen molar-refractivity contribution < 1.29 is 34.1 Å². The molecule has 206 valence electrons. The second kappa shape index (κ2) is 13.4. The number of carbonyl (C=O) groups excluding carboxylic acids is 4. The summed E-state index contributed by atoms with van der Waals surface area (Å²) in [5.41, 5.74) is 6.09. The molecule has 0 saturated heterocycles. The van der Waals surface area contributed by atoms with E-state index in [0.29, 0.717) is 11.3 Å². The van der Waals surface area contributed by atoms with E-state index in [1.165, 1.54) is 24.3 Å². The normalized spacial score (nSPS) is 12.7. The number of nitrogens with zero attached hydrogens (tertiary/aromatic N) is 1. The first-order valence-electron chi connectivity index (χ1n) is 12.2. The number of nitrogens with two attached hydrogens (primary N) is 1. The summed E-state index contributed by atoms with van der Waals surface area (Å²) >= 11 is 0. The zero-order valence-corrected chi connectivity index (χ0v) is 22.1. The van der Waals surface area contributed by atoms with E-state index in [1.54, 1.807) is 32.9 Å². The van der Waals surface area contributed by atoms with Crippen molar-refractivity contribution in [3.05, 3.63) is 59.7 Å². The van der Waals surface area contributed by atoms with Crippen LogP contribution < -0.4 is 16.4 Å². The van der Waals surface area contributed by atoms with Crippen LogP contribution in [0, 0.1) is 6.92 Å². The number of aliphatic hydroxyl groups is 1. The van der Waals surface area contributed by atoms with Gasteiger partial charge in [-0.05, 0) is 63.4 Å². The molecule has 11 heteroatoms. The molecule has 0 aromatic heterocycles. The largest absolute Gasteiger partial charge is 0.508 e. The highest BCUT2D eigenvalue weighted by Gasteiger charge is 2.36. The summed E-state index contributed by atoms with van der Waals surface area (Å²) in [5.74, 6) is -2.05. The van der Waals surface area contributed by atoms with E-state index in [0.717, 1.165) is 10.5 Å². The Hall–Kier alpha value is -4.12.